The van der Waals surface area contributed by atoms with Crippen LogP contribution in [0.2, 0.25) is 0 Å². The smallest absolute Gasteiger partial charge is 0.265 e. The lowest BCUT2D eigenvalue weighted by atomic mass is 10.1. The van der Waals surface area contributed by atoms with Crippen LogP contribution in [-0.4, -0.2) is 27.2 Å². The standard InChI is InChI=1S/C22H22N2O4S/c1-4-24-19-8-6-5-7-17(19)18-13-15(9-11-20(18)24)23-29(25,26)22-14-16(27-2)10-12-21(22)28-3/h5-14,23H,4H2,1-3H3. The fourth-order valence-corrected chi connectivity index (χ4v) is 4.90. The number of benzene rings is 3. The van der Waals surface area contributed by atoms with E-state index in [4.69, 9.17) is 9.47 Å². The summed E-state index contributed by atoms with van der Waals surface area (Å²) in [5.41, 5.74) is 2.68. The molecule has 0 radical (unpaired) electrons. The number of para-hydroxylation sites is 1. The van der Waals surface area contributed by atoms with Crippen molar-refractivity contribution in [1.29, 1.82) is 0 Å². The molecule has 0 atom stereocenters. The first kappa shape index (κ1) is 19.1. The van der Waals surface area contributed by atoms with Gasteiger partial charge >= 0.3 is 0 Å². The van der Waals surface area contributed by atoms with Crippen LogP contribution in [0.25, 0.3) is 21.8 Å². The Hall–Kier alpha value is -3.19. The van der Waals surface area contributed by atoms with Gasteiger partial charge in [-0.3, -0.25) is 4.72 Å². The Morgan fingerprint density at radius 2 is 1.66 bits per heavy atom. The van der Waals surface area contributed by atoms with E-state index >= 15 is 0 Å². The Balaban J connectivity index is 1.81. The van der Waals surface area contributed by atoms with Gasteiger partial charge in [-0.25, -0.2) is 8.42 Å². The van der Waals surface area contributed by atoms with Crippen LogP contribution in [0.5, 0.6) is 11.5 Å². The molecule has 0 amide bonds. The zero-order valence-corrected chi connectivity index (χ0v) is 17.3. The van der Waals surface area contributed by atoms with Crippen LogP contribution in [0.4, 0.5) is 5.69 Å². The average molecular weight is 410 g/mol. The number of ether oxygens (including phenoxy) is 2. The fraction of sp³-hybridized carbons (Fsp3) is 0.182. The quantitative estimate of drug-likeness (QED) is 0.503. The van der Waals surface area contributed by atoms with Gasteiger partial charge in [-0.15, -0.1) is 0 Å². The number of aromatic nitrogens is 1. The average Bonchev–Trinajstić information content (AvgIpc) is 3.06. The molecule has 3 aromatic carbocycles. The number of hydrogen-bond acceptors (Lipinski definition) is 4. The third-order valence-electron chi connectivity index (χ3n) is 5.00. The summed E-state index contributed by atoms with van der Waals surface area (Å²) in [6, 6.07) is 18.4. The summed E-state index contributed by atoms with van der Waals surface area (Å²) >= 11 is 0. The zero-order valence-electron chi connectivity index (χ0n) is 16.5. The van der Waals surface area contributed by atoms with Crippen LogP contribution >= 0.6 is 0 Å². The van der Waals surface area contributed by atoms with E-state index in [0.717, 1.165) is 28.4 Å². The van der Waals surface area contributed by atoms with Crippen molar-refractivity contribution in [2.45, 2.75) is 18.4 Å². The third-order valence-corrected chi connectivity index (χ3v) is 6.40. The molecule has 0 saturated heterocycles. The third kappa shape index (κ3) is 3.27. The second-order valence-corrected chi connectivity index (χ2v) is 8.27. The van der Waals surface area contributed by atoms with E-state index in [0.29, 0.717) is 11.4 Å². The first-order valence-corrected chi connectivity index (χ1v) is 10.7. The number of sulfonamides is 1. The molecule has 29 heavy (non-hydrogen) atoms. The molecule has 1 heterocycles. The van der Waals surface area contributed by atoms with Crippen molar-refractivity contribution < 1.29 is 17.9 Å². The highest BCUT2D eigenvalue weighted by molar-refractivity contribution is 7.92. The lowest BCUT2D eigenvalue weighted by molar-refractivity contribution is 0.392. The van der Waals surface area contributed by atoms with Gasteiger partial charge in [-0.2, -0.15) is 0 Å². The fourth-order valence-electron chi connectivity index (χ4n) is 3.66. The van der Waals surface area contributed by atoms with E-state index in [1.165, 1.54) is 20.3 Å². The zero-order chi connectivity index (χ0) is 20.6. The van der Waals surface area contributed by atoms with Crippen molar-refractivity contribution in [3.8, 4) is 11.5 Å². The summed E-state index contributed by atoms with van der Waals surface area (Å²) in [6.07, 6.45) is 0. The van der Waals surface area contributed by atoms with Crippen LogP contribution < -0.4 is 14.2 Å². The van der Waals surface area contributed by atoms with Gasteiger partial charge in [0, 0.05) is 40.1 Å². The Bertz CT molecular complexity index is 1310. The van der Waals surface area contributed by atoms with Crippen molar-refractivity contribution in [1.82, 2.24) is 4.57 Å². The van der Waals surface area contributed by atoms with Gasteiger partial charge in [0.15, 0.2) is 0 Å². The monoisotopic (exact) mass is 410 g/mol. The van der Waals surface area contributed by atoms with Crippen LogP contribution in [0.15, 0.2) is 65.6 Å². The molecule has 6 nitrogen and oxygen atoms in total. The Kier molecular flexibility index (Phi) is 4.84. The maximum absolute atomic E-state index is 13.1. The molecular formula is C22H22N2O4S. The first-order chi connectivity index (χ1) is 14.0. The number of methoxy groups -OCH3 is 2. The largest absolute Gasteiger partial charge is 0.497 e. The Morgan fingerprint density at radius 1 is 0.897 bits per heavy atom. The summed E-state index contributed by atoms with van der Waals surface area (Å²) in [7, 11) is -0.945. The van der Waals surface area contributed by atoms with Crippen molar-refractivity contribution >= 4 is 37.5 Å². The molecule has 150 valence electrons. The second-order valence-electron chi connectivity index (χ2n) is 6.62. The highest BCUT2D eigenvalue weighted by Gasteiger charge is 2.21. The lowest BCUT2D eigenvalue weighted by Crippen LogP contribution is -2.14. The molecule has 1 aromatic heterocycles. The van der Waals surface area contributed by atoms with Gasteiger partial charge in [0.25, 0.3) is 10.0 Å². The van der Waals surface area contributed by atoms with E-state index in [2.05, 4.69) is 22.3 Å². The molecule has 1 N–H and O–H groups in total. The minimum Gasteiger partial charge on any atom is -0.497 e. The SMILES string of the molecule is CCn1c2ccccc2c2cc(NS(=O)(=O)c3cc(OC)ccc3OC)ccc21. The van der Waals surface area contributed by atoms with Crippen molar-refractivity contribution in [2.75, 3.05) is 18.9 Å². The van der Waals surface area contributed by atoms with E-state index < -0.39 is 10.0 Å². The summed E-state index contributed by atoms with van der Waals surface area (Å²) in [6.45, 7) is 2.92. The van der Waals surface area contributed by atoms with Crippen LogP contribution in [0, 0.1) is 0 Å². The molecule has 0 saturated carbocycles. The molecule has 0 fully saturated rings. The van der Waals surface area contributed by atoms with E-state index in [9.17, 15) is 8.42 Å². The summed E-state index contributed by atoms with van der Waals surface area (Å²) in [5.74, 6) is 0.689. The topological polar surface area (TPSA) is 69.6 Å². The Morgan fingerprint density at radius 3 is 2.38 bits per heavy atom. The molecule has 0 unspecified atom stereocenters. The summed E-state index contributed by atoms with van der Waals surface area (Å²) < 4.78 is 41.4. The van der Waals surface area contributed by atoms with Crippen molar-refractivity contribution in [3.05, 3.63) is 60.7 Å². The highest BCUT2D eigenvalue weighted by Crippen LogP contribution is 2.33. The molecule has 0 bridgehead atoms. The first-order valence-electron chi connectivity index (χ1n) is 9.24. The number of hydrogen-bond donors (Lipinski definition) is 1. The summed E-state index contributed by atoms with van der Waals surface area (Å²) in [5, 5.41) is 2.09. The Labute approximate surface area is 169 Å². The molecular weight excluding hydrogens is 388 g/mol. The molecule has 0 aliphatic carbocycles. The van der Waals surface area contributed by atoms with Gasteiger partial charge in [0.2, 0.25) is 0 Å². The van der Waals surface area contributed by atoms with Gasteiger partial charge < -0.3 is 14.0 Å². The molecule has 0 aliphatic heterocycles. The predicted octanol–water partition coefficient (Wildman–Crippen LogP) is 4.63. The van der Waals surface area contributed by atoms with Crippen molar-refractivity contribution in [2.24, 2.45) is 0 Å². The highest BCUT2D eigenvalue weighted by atomic mass is 32.2. The van der Waals surface area contributed by atoms with Gasteiger partial charge in [0.05, 0.1) is 14.2 Å². The van der Waals surface area contributed by atoms with E-state index in [1.54, 1.807) is 18.2 Å². The molecule has 4 aromatic rings. The number of nitrogens with one attached hydrogen (secondary N) is 1. The molecule has 0 spiro atoms. The van der Waals surface area contributed by atoms with E-state index in [1.807, 2.05) is 30.3 Å². The molecule has 0 aliphatic rings. The number of anilines is 1. The number of aryl methyl sites for hydroxylation is 1. The van der Waals surface area contributed by atoms with Crippen LogP contribution in [-0.2, 0) is 16.6 Å². The van der Waals surface area contributed by atoms with Gasteiger partial charge in [0.1, 0.15) is 16.4 Å². The second kappa shape index (κ2) is 7.33. The minimum atomic E-state index is -3.87. The van der Waals surface area contributed by atoms with Crippen LogP contribution in [0.3, 0.4) is 0 Å². The van der Waals surface area contributed by atoms with Gasteiger partial charge in [-0.05, 0) is 43.3 Å². The van der Waals surface area contributed by atoms with Crippen LogP contribution in [0.1, 0.15) is 6.92 Å². The molecule has 4 rings (SSSR count). The number of rotatable bonds is 6. The summed E-state index contributed by atoms with van der Waals surface area (Å²) in [4.78, 5) is 0.0235. The number of nitrogens with zero attached hydrogens (tertiary/aromatic N) is 1. The predicted molar refractivity (Wildman–Crippen MR) is 115 cm³/mol. The van der Waals surface area contributed by atoms with E-state index in [-0.39, 0.29) is 10.6 Å². The minimum absolute atomic E-state index is 0.0235. The van der Waals surface area contributed by atoms with Gasteiger partial charge in [-0.1, -0.05) is 18.2 Å². The normalized spacial score (nSPS) is 11.7. The van der Waals surface area contributed by atoms with Crippen molar-refractivity contribution in [3.63, 3.8) is 0 Å². The lowest BCUT2D eigenvalue weighted by Gasteiger charge is -2.13. The maximum Gasteiger partial charge on any atom is 0.265 e. The number of fused-ring (bicyclic) bond motifs is 3. The molecule has 7 heteroatoms. The maximum atomic E-state index is 13.1.